The van der Waals surface area contributed by atoms with E-state index in [1.165, 1.54) is 23.5 Å². The second-order valence-electron chi connectivity index (χ2n) is 7.57. The van der Waals surface area contributed by atoms with Crippen molar-refractivity contribution >= 4 is 46.0 Å². The molecule has 1 aromatic heterocycles. The number of rotatable bonds is 7. The molecule has 1 heterocycles. The summed E-state index contributed by atoms with van der Waals surface area (Å²) in [6.45, 7) is 3.92. The van der Waals surface area contributed by atoms with Gasteiger partial charge in [-0.05, 0) is 49.2 Å². The Morgan fingerprint density at radius 3 is 2.47 bits per heavy atom. The number of hydrogen-bond acceptors (Lipinski definition) is 6. The minimum atomic E-state index is -0.217. The first-order valence-electron chi connectivity index (χ1n) is 10.6. The van der Waals surface area contributed by atoms with Gasteiger partial charge in [-0.15, -0.1) is 11.8 Å². The number of nitriles is 1. The van der Waals surface area contributed by atoms with Crippen molar-refractivity contribution in [1.82, 2.24) is 9.55 Å². The van der Waals surface area contributed by atoms with Crippen molar-refractivity contribution in [2.24, 2.45) is 0 Å². The van der Waals surface area contributed by atoms with Gasteiger partial charge in [0.1, 0.15) is 0 Å². The van der Waals surface area contributed by atoms with Crippen LogP contribution in [0.4, 0.5) is 5.69 Å². The molecule has 1 N–H and O–H groups in total. The Hall–Kier alpha value is -3.54. The average Bonchev–Trinajstić information content (AvgIpc) is 2.83. The lowest BCUT2D eigenvalue weighted by Gasteiger charge is -2.17. The summed E-state index contributed by atoms with van der Waals surface area (Å²) in [7, 11) is 0. The first kappa shape index (κ1) is 23.6. The number of benzene rings is 3. The molecule has 6 nitrogen and oxygen atoms in total. The van der Waals surface area contributed by atoms with E-state index in [1.807, 2.05) is 68.4 Å². The van der Waals surface area contributed by atoms with Crippen molar-refractivity contribution < 1.29 is 4.79 Å². The number of thioether (sulfide) groups is 2. The van der Waals surface area contributed by atoms with Gasteiger partial charge in [-0.1, -0.05) is 54.2 Å². The van der Waals surface area contributed by atoms with Crippen LogP contribution in [0.3, 0.4) is 0 Å². The van der Waals surface area contributed by atoms with Crippen molar-refractivity contribution in [3.8, 4) is 11.8 Å². The van der Waals surface area contributed by atoms with Crippen LogP contribution in [0.2, 0.25) is 0 Å². The number of anilines is 1. The Kier molecular flexibility index (Phi) is 7.36. The minimum Gasteiger partial charge on any atom is -0.324 e. The molecular weight excluding hydrogens is 464 g/mol. The number of aromatic nitrogens is 2. The molecule has 0 unspecified atom stereocenters. The van der Waals surface area contributed by atoms with Gasteiger partial charge in [-0.2, -0.15) is 5.26 Å². The molecule has 4 rings (SSSR count). The fourth-order valence-corrected chi connectivity index (χ4v) is 5.15. The second-order valence-corrected chi connectivity index (χ2v) is 9.53. The van der Waals surface area contributed by atoms with Gasteiger partial charge in [0.15, 0.2) is 5.16 Å². The highest BCUT2D eigenvalue weighted by molar-refractivity contribution is 8.00. The molecule has 0 bridgehead atoms. The van der Waals surface area contributed by atoms with Gasteiger partial charge in [-0.3, -0.25) is 14.2 Å². The average molecular weight is 487 g/mol. The van der Waals surface area contributed by atoms with Crippen LogP contribution in [-0.4, -0.2) is 27.0 Å². The quantitative estimate of drug-likeness (QED) is 0.280. The van der Waals surface area contributed by atoms with Crippen LogP contribution in [0.1, 0.15) is 11.1 Å². The zero-order valence-electron chi connectivity index (χ0n) is 18.7. The summed E-state index contributed by atoms with van der Waals surface area (Å²) in [5.41, 5.74) is 3.78. The van der Waals surface area contributed by atoms with Crippen LogP contribution in [0.15, 0.2) is 81.6 Å². The predicted molar refractivity (Wildman–Crippen MR) is 139 cm³/mol. The van der Waals surface area contributed by atoms with Crippen LogP contribution in [0.5, 0.6) is 0 Å². The number of fused-ring (bicyclic) bond motifs is 1. The number of amides is 1. The van der Waals surface area contributed by atoms with Crippen molar-refractivity contribution in [1.29, 1.82) is 5.26 Å². The molecule has 8 heteroatoms. The highest BCUT2D eigenvalue weighted by Crippen LogP contribution is 2.28. The van der Waals surface area contributed by atoms with E-state index >= 15 is 0 Å². The molecule has 1 amide bonds. The van der Waals surface area contributed by atoms with Crippen molar-refractivity contribution in [2.75, 3.05) is 16.8 Å². The third-order valence-electron chi connectivity index (χ3n) is 5.19. The highest BCUT2D eigenvalue weighted by atomic mass is 32.2. The molecule has 0 saturated carbocycles. The highest BCUT2D eigenvalue weighted by Gasteiger charge is 2.18. The van der Waals surface area contributed by atoms with Gasteiger partial charge >= 0.3 is 0 Å². The maximum Gasteiger partial charge on any atom is 0.266 e. The number of nitrogens with one attached hydrogen (secondary N) is 1. The first-order chi connectivity index (χ1) is 16.5. The maximum absolute atomic E-state index is 13.5. The number of carbonyl (C=O) groups excluding carboxylic acids is 1. The number of nitrogens with zero attached hydrogens (tertiary/aromatic N) is 3. The minimum absolute atomic E-state index is 0.0763. The maximum atomic E-state index is 13.5. The molecule has 3 aromatic carbocycles. The molecule has 0 fully saturated rings. The van der Waals surface area contributed by atoms with Crippen LogP contribution in [0, 0.1) is 25.2 Å². The molecular formula is C26H22N4O2S2. The van der Waals surface area contributed by atoms with E-state index < -0.39 is 0 Å². The Labute approximate surface area is 206 Å². The lowest BCUT2D eigenvalue weighted by Crippen LogP contribution is -2.24. The molecule has 0 radical (unpaired) electrons. The normalized spacial score (nSPS) is 10.7. The van der Waals surface area contributed by atoms with Gasteiger partial charge in [0, 0.05) is 4.90 Å². The summed E-state index contributed by atoms with van der Waals surface area (Å²) >= 11 is 2.59. The van der Waals surface area contributed by atoms with E-state index in [9.17, 15) is 9.59 Å². The third-order valence-corrected chi connectivity index (χ3v) is 7.07. The monoisotopic (exact) mass is 486 g/mol. The molecule has 0 saturated heterocycles. The molecule has 34 heavy (non-hydrogen) atoms. The van der Waals surface area contributed by atoms with Crippen LogP contribution in [-0.2, 0) is 4.79 Å². The summed E-state index contributed by atoms with van der Waals surface area (Å²) in [4.78, 5) is 31.9. The van der Waals surface area contributed by atoms with Crippen LogP contribution in [0.25, 0.3) is 16.6 Å². The van der Waals surface area contributed by atoms with E-state index in [0.717, 1.165) is 21.7 Å². The van der Waals surface area contributed by atoms with Gasteiger partial charge in [0.2, 0.25) is 5.91 Å². The fourth-order valence-electron chi connectivity index (χ4n) is 3.69. The first-order valence-corrected chi connectivity index (χ1v) is 12.6. The van der Waals surface area contributed by atoms with E-state index in [0.29, 0.717) is 27.5 Å². The number of para-hydroxylation sites is 3. The number of aryl methyl sites for hydroxylation is 2. The molecule has 0 atom stereocenters. The molecule has 0 aliphatic carbocycles. The van der Waals surface area contributed by atoms with E-state index in [1.54, 1.807) is 16.7 Å². The Balaban J connectivity index is 1.67. The second kappa shape index (κ2) is 10.6. The Bertz CT molecular complexity index is 1450. The van der Waals surface area contributed by atoms with E-state index in [2.05, 4.69) is 11.4 Å². The zero-order valence-corrected chi connectivity index (χ0v) is 20.4. The summed E-state index contributed by atoms with van der Waals surface area (Å²) in [6.07, 6.45) is 0. The van der Waals surface area contributed by atoms with Crippen LogP contribution < -0.4 is 10.9 Å². The van der Waals surface area contributed by atoms with Gasteiger partial charge in [-0.25, -0.2) is 4.98 Å². The molecule has 0 aliphatic heterocycles. The summed E-state index contributed by atoms with van der Waals surface area (Å²) in [5, 5.41) is 12.8. The third kappa shape index (κ3) is 5.01. The van der Waals surface area contributed by atoms with Gasteiger partial charge in [0.25, 0.3) is 5.56 Å². The molecule has 170 valence electrons. The van der Waals surface area contributed by atoms with E-state index in [-0.39, 0.29) is 17.2 Å². The van der Waals surface area contributed by atoms with Crippen molar-refractivity contribution in [3.63, 3.8) is 0 Å². The summed E-state index contributed by atoms with van der Waals surface area (Å²) in [6, 6.07) is 22.6. The summed E-state index contributed by atoms with van der Waals surface area (Å²) < 4.78 is 1.61. The largest absolute Gasteiger partial charge is 0.324 e. The lowest BCUT2D eigenvalue weighted by molar-refractivity contribution is -0.113. The topological polar surface area (TPSA) is 87.8 Å². The summed E-state index contributed by atoms with van der Waals surface area (Å²) in [5.74, 6) is 0.156. The van der Waals surface area contributed by atoms with Gasteiger partial charge in [0.05, 0.1) is 39.9 Å². The predicted octanol–water partition coefficient (Wildman–Crippen LogP) is 5.35. The molecule has 4 aromatic rings. The Morgan fingerprint density at radius 1 is 1.00 bits per heavy atom. The lowest BCUT2D eigenvalue weighted by atomic mass is 10.1. The number of hydrogen-bond donors (Lipinski definition) is 1. The smallest absolute Gasteiger partial charge is 0.266 e. The van der Waals surface area contributed by atoms with Gasteiger partial charge < -0.3 is 5.32 Å². The SMILES string of the molecule is Cc1cccc(C)c1-n1c(SCC(=O)Nc2ccccc2SCC#N)nc2ccccc2c1=O. The molecule has 0 aliphatic rings. The Morgan fingerprint density at radius 2 is 1.71 bits per heavy atom. The standard InChI is InChI=1S/C26H22N4O2S2/c1-17-8-7-9-18(2)24(17)30-25(32)19-10-3-4-11-20(19)29-26(30)34-16-23(31)28-21-12-5-6-13-22(21)33-15-14-27/h3-13H,15-16H2,1-2H3,(H,28,31). The zero-order chi connectivity index (χ0) is 24.1. The van der Waals surface area contributed by atoms with Crippen molar-refractivity contribution in [2.45, 2.75) is 23.9 Å². The fraction of sp³-hybridized carbons (Fsp3) is 0.154. The number of carbonyl (C=O) groups is 1. The van der Waals surface area contributed by atoms with Crippen molar-refractivity contribution in [3.05, 3.63) is 88.2 Å². The van der Waals surface area contributed by atoms with Crippen LogP contribution >= 0.6 is 23.5 Å². The van der Waals surface area contributed by atoms with E-state index in [4.69, 9.17) is 10.2 Å². The molecule has 0 spiro atoms.